The summed E-state index contributed by atoms with van der Waals surface area (Å²) >= 11 is 6.15. The van der Waals surface area contributed by atoms with Crippen LogP contribution in [0, 0.1) is 5.92 Å². The molecule has 0 aliphatic carbocycles. The van der Waals surface area contributed by atoms with Gasteiger partial charge in [0, 0.05) is 24.1 Å². The molecule has 152 valence electrons. The summed E-state index contributed by atoms with van der Waals surface area (Å²) in [5, 5.41) is 4.86. The predicted molar refractivity (Wildman–Crippen MR) is 110 cm³/mol. The quantitative estimate of drug-likeness (QED) is 0.533. The molecule has 0 bridgehead atoms. The lowest BCUT2D eigenvalue weighted by molar-refractivity contribution is -0.149. The summed E-state index contributed by atoms with van der Waals surface area (Å²) in [5.41, 5.74) is 0.857. The van der Waals surface area contributed by atoms with E-state index >= 15 is 0 Å². The van der Waals surface area contributed by atoms with E-state index in [-0.39, 0.29) is 11.9 Å². The first-order chi connectivity index (χ1) is 13.6. The van der Waals surface area contributed by atoms with Crippen LogP contribution in [0.15, 0.2) is 18.2 Å². The third-order valence-electron chi connectivity index (χ3n) is 4.88. The van der Waals surface area contributed by atoms with Crippen molar-refractivity contribution in [3.05, 3.63) is 29.0 Å². The lowest BCUT2D eigenvalue weighted by Gasteiger charge is -2.30. The van der Waals surface area contributed by atoms with E-state index in [4.69, 9.17) is 31.0 Å². The molecule has 1 aliphatic heterocycles. The predicted octanol–water partition coefficient (Wildman–Crippen LogP) is 3.12. The number of likely N-dealkylation sites (tertiary alicyclic amines) is 1. The van der Waals surface area contributed by atoms with Gasteiger partial charge < -0.3 is 14.8 Å². The second kappa shape index (κ2) is 10.0. The van der Waals surface area contributed by atoms with Gasteiger partial charge in [0.25, 0.3) is 0 Å². The third kappa shape index (κ3) is 5.31. The topological polar surface area (TPSA) is 76.6 Å². The van der Waals surface area contributed by atoms with E-state index < -0.39 is 0 Å². The maximum absolute atomic E-state index is 11.9. The molecule has 1 N–H and O–H groups in total. The van der Waals surface area contributed by atoms with E-state index in [2.05, 4.69) is 10.2 Å². The molecule has 1 aliphatic rings. The molecule has 2 heterocycles. The van der Waals surface area contributed by atoms with Crippen molar-refractivity contribution >= 4 is 34.3 Å². The zero-order chi connectivity index (χ0) is 19.9. The van der Waals surface area contributed by atoms with Crippen molar-refractivity contribution in [3.63, 3.8) is 0 Å². The van der Waals surface area contributed by atoms with Gasteiger partial charge in [-0.25, -0.2) is 9.97 Å². The molecule has 3 rings (SSSR count). The summed E-state index contributed by atoms with van der Waals surface area (Å²) in [7, 11) is 1.67. The van der Waals surface area contributed by atoms with Gasteiger partial charge in [0.05, 0.1) is 31.2 Å². The number of piperidine rings is 1. The highest BCUT2D eigenvalue weighted by molar-refractivity contribution is 6.31. The average molecular weight is 407 g/mol. The normalized spacial score (nSPS) is 15.7. The van der Waals surface area contributed by atoms with Crippen LogP contribution in [0.1, 0.15) is 25.6 Å². The number of carbonyl (C=O) groups is 1. The van der Waals surface area contributed by atoms with Gasteiger partial charge in [0.15, 0.2) is 0 Å². The Morgan fingerprint density at radius 1 is 1.32 bits per heavy atom. The van der Waals surface area contributed by atoms with Crippen LogP contribution in [0.4, 0.5) is 5.82 Å². The number of hydrogen-bond donors (Lipinski definition) is 1. The number of nitrogens with zero attached hydrogens (tertiary/aromatic N) is 3. The number of esters is 1. The highest BCUT2D eigenvalue weighted by Crippen LogP contribution is 2.25. The number of aromatic nitrogens is 2. The number of methoxy groups -OCH3 is 1. The van der Waals surface area contributed by atoms with Crippen molar-refractivity contribution < 1.29 is 14.3 Å². The SMILES string of the molecule is CCOC(=O)C1CCN(Cc2nc(NCCOC)c3cc(Cl)ccc3n2)CC1. The average Bonchev–Trinajstić information content (AvgIpc) is 2.69. The molecular weight excluding hydrogens is 380 g/mol. The van der Waals surface area contributed by atoms with Crippen molar-refractivity contribution in [1.29, 1.82) is 0 Å². The minimum absolute atomic E-state index is 0.00198. The van der Waals surface area contributed by atoms with Gasteiger partial charge in [-0.05, 0) is 51.1 Å². The van der Waals surface area contributed by atoms with Crippen molar-refractivity contribution in [2.24, 2.45) is 5.92 Å². The zero-order valence-corrected chi connectivity index (χ0v) is 17.2. The minimum atomic E-state index is -0.0781. The first-order valence-corrected chi connectivity index (χ1v) is 10.1. The first-order valence-electron chi connectivity index (χ1n) is 9.68. The Balaban J connectivity index is 1.71. The Morgan fingerprint density at radius 3 is 2.82 bits per heavy atom. The summed E-state index contributed by atoms with van der Waals surface area (Å²) in [4.78, 5) is 23.6. The number of fused-ring (bicyclic) bond motifs is 1. The lowest BCUT2D eigenvalue weighted by Crippen LogP contribution is -2.37. The van der Waals surface area contributed by atoms with Crippen LogP contribution in [0.5, 0.6) is 0 Å². The fraction of sp³-hybridized carbons (Fsp3) is 0.550. The Hall–Kier alpha value is -1.96. The number of halogens is 1. The summed E-state index contributed by atoms with van der Waals surface area (Å²) in [5.74, 6) is 1.44. The molecule has 1 aromatic heterocycles. The van der Waals surface area contributed by atoms with Crippen LogP contribution in [0.25, 0.3) is 10.9 Å². The molecule has 0 saturated carbocycles. The molecule has 2 aromatic rings. The number of rotatable bonds is 8. The number of benzene rings is 1. The van der Waals surface area contributed by atoms with E-state index in [0.29, 0.717) is 31.3 Å². The molecule has 1 saturated heterocycles. The van der Waals surface area contributed by atoms with Gasteiger partial charge in [-0.15, -0.1) is 0 Å². The molecule has 0 unspecified atom stereocenters. The Bertz CT molecular complexity index is 809. The third-order valence-corrected chi connectivity index (χ3v) is 5.11. The van der Waals surface area contributed by atoms with Crippen LogP contribution in [0.2, 0.25) is 5.02 Å². The van der Waals surface area contributed by atoms with E-state index in [0.717, 1.165) is 48.5 Å². The standard InChI is InChI=1S/C20H27ClN4O3/c1-3-28-20(26)14-6-9-25(10-7-14)13-18-23-17-5-4-15(21)12-16(17)19(24-18)22-8-11-27-2/h4-5,12,14H,3,6-11,13H2,1-2H3,(H,22,23,24). The van der Waals surface area contributed by atoms with Crippen LogP contribution >= 0.6 is 11.6 Å². The Labute approximate surface area is 170 Å². The highest BCUT2D eigenvalue weighted by atomic mass is 35.5. The summed E-state index contributed by atoms with van der Waals surface area (Å²) in [6, 6.07) is 5.63. The van der Waals surface area contributed by atoms with Gasteiger partial charge in [-0.1, -0.05) is 11.6 Å². The molecule has 0 atom stereocenters. The van der Waals surface area contributed by atoms with Gasteiger partial charge in [0.2, 0.25) is 0 Å². The molecular formula is C20H27ClN4O3. The van der Waals surface area contributed by atoms with Gasteiger partial charge >= 0.3 is 5.97 Å². The second-order valence-corrected chi connectivity index (χ2v) is 7.31. The van der Waals surface area contributed by atoms with Crippen molar-refractivity contribution in [3.8, 4) is 0 Å². The van der Waals surface area contributed by atoms with Gasteiger partial charge in [-0.3, -0.25) is 9.69 Å². The van der Waals surface area contributed by atoms with E-state index in [1.165, 1.54) is 0 Å². The van der Waals surface area contributed by atoms with Crippen LogP contribution in [-0.2, 0) is 20.8 Å². The number of ether oxygens (including phenoxy) is 2. The van der Waals surface area contributed by atoms with Crippen molar-refractivity contribution in [2.75, 3.05) is 45.3 Å². The molecule has 0 spiro atoms. The Kier molecular flexibility index (Phi) is 7.42. The number of carbonyl (C=O) groups excluding carboxylic acids is 1. The molecule has 8 heteroatoms. The second-order valence-electron chi connectivity index (χ2n) is 6.87. The zero-order valence-electron chi connectivity index (χ0n) is 16.4. The summed E-state index contributed by atoms with van der Waals surface area (Å²) in [6.45, 7) is 5.83. The largest absolute Gasteiger partial charge is 0.466 e. The van der Waals surface area contributed by atoms with E-state index in [1.807, 2.05) is 25.1 Å². The molecule has 28 heavy (non-hydrogen) atoms. The molecule has 1 fully saturated rings. The molecule has 0 radical (unpaired) electrons. The number of anilines is 1. The first kappa shape index (κ1) is 20.8. The molecule has 1 aromatic carbocycles. The van der Waals surface area contributed by atoms with Crippen LogP contribution < -0.4 is 5.32 Å². The van der Waals surface area contributed by atoms with Crippen molar-refractivity contribution in [2.45, 2.75) is 26.3 Å². The number of nitrogens with one attached hydrogen (secondary N) is 1. The minimum Gasteiger partial charge on any atom is -0.466 e. The summed E-state index contributed by atoms with van der Waals surface area (Å²) < 4.78 is 10.3. The fourth-order valence-electron chi connectivity index (χ4n) is 3.41. The number of hydrogen-bond acceptors (Lipinski definition) is 7. The van der Waals surface area contributed by atoms with E-state index in [9.17, 15) is 4.79 Å². The maximum Gasteiger partial charge on any atom is 0.309 e. The van der Waals surface area contributed by atoms with Gasteiger partial charge in [-0.2, -0.15) is 0 Å². The molecule has 7 nitrogen and oxygen atoms in total. The van der Waals surface area contributed by atoms with Crippen LogP contribution in [-0.4, -0.2) is 60.8 Å². The monoisotopic (exact) mass is 406 g/mol. The molecule has 0 amide bonds. The smallest absolute Gasteiger partial charge is 0.309 e. The Morgan fingerprint density at radius 2 is 2.11 bits per heavy atom. The van der Waals surface area contributed by atoms with E-state index in [1.54, 1.807) is 7.11 Å². The van der Waals surface area contributed by atoms with Crippen molar-refractivity contribution in [1.82, 2.24) is 14.9 Å². The van der Waals surface area contributed by atoms with Crippen LogP contribution in [0.3, 0.4) is 0 Å². The lowest BCUT2D eigenvalue weighted by atomic mass is 9.97. The highest BCUT2D eigenvalue weighted by Gasteiger charge is 2.26. The fourth-order valence-corrected chi connectivity index (χ4v) is 3.58. The maximum atomic E-state index is 11.9. The summed E-state index contributed by atoms with van der Waals surface area (Å²) in [6.07, 6.45) is 1.61. The van der Waals surface area contributed by atoms with Gasteiger partial charge in [0.1, 0.15) is 11.6 Å².